The van der Waals surface area contributed by atoms with Crippen molar-refractivity contribution in [3.63, 3.8) is 0 Å². The van der Waals surface area contributed by atoms with Crippen LogP contribution in [0.3, 0.4) is 0 Å². The molecule has 1 saturated heterocycles. The molecular weight excluding hydrogens is 473 g/mol. The van der Waals surface area contributed by atoms with Gasteiger partial charge in [0.2, 0.25) is 11.8 Å². The lowest BCUT2D eigenvalue weighted by molar-refractivity contribution is -0.142. The van der Waals surface area contributed by atoms with E-state index in [0.29, 0.717) is 5.92 Å². The number of ether oxygens (including phenoxy) is 2. The van der Waals surface area contributed by atoms with Crippen LogP contribution in [0, 0.1) is 17.8 Å². The normalized spacial score (nSPS) is 22.5. The summed E-state index contributed by atoms with van der Waals surface area (Å²) in [4.78, 5) is 8.00. The number of nitrogens with one attached hydrogen (secondary N) is 1. The minimum atomic E-state index is -4.60. The van der Waals surface area contributed by atoms with Gasteiger partial charge >= 0.3 is 6.18 Å². The van der Waals surface area contributed by atoms with Crippen LogP contribution in [0.1, 0.15) is 61.4 Å². The summed E-state index contributed by atoms with van der Waals surface area (Å²) in [5.41, 5.74) is 0.704. The van der Waals surface area contributed by atoms with E-state index >= 15 is 0 Å². The first-order chi connectivity index (χ1) is 17.4. The molecule has 3 aliphatic rings. The Balaban J connectivity index is 1.17. The quantitative estimate of drug-likeness (QED) is 0.528. The maximum Gasteiger partial charge on any atom is 0.423 e. The van der Waals surface area contributed by atoms with Gasteiger partial charge in [0.05, 0.1) is 13.2 Å². The number of rotatable bonds is 5. The molecule has 1 N–H and O–H groups in total. The minimum Gasteiger partial charge on any atom is -0.469 e. The highest BCUT2D eigenvalue weighted by Crippen LogP contribution is 2.37. The van der Waals surface area contributed by atoms with Gasteiger partial charge in [0.15, 0.2) is 5.65 Å². The predicted octanol–water partition coefficient (Wildman–Crippen LogP) is 4.22. The first-order valence-electron chi connectivity index (χ1n) is 12.2. The van der Waals surface area contributed by atoms with Crippen LogP contribution in [0.5, 0.6) is 5.88 Å². The average Bonchev–Trinajstić information content (AvgIpc) is 3.56. The first-order valence-corrected chi connectivity index (χ1v) is 12.2. The molecule has 6 rings (SSSR count). The van der Waals surface area contributed by atoms with Gasteiger partial charge < -0.3 is 14.8 Å². The van der Waals surface area contributed by atoms with Gasteiger partial charge in [-0.05, 0) is 44.2 Å². The van der Waals surface area contributed by atoms with Gasteiger partial charge in [-0.15, -0.1) is 10.2 Å². The summed E-state index contributed by atoms with van der Waals surface area (Å²) in [6, 6.07) is 3.92. The van der Waals surface area contributed by atoms with E-state index in [-0.39, 0.29) is 31.1 Å². The lowest BCUT2D eigenvalue weighted by atomic mass is 9.85. The number of hydrogen-bond acceptors (Lipinski definition) is 7. The monoisotopic (exact) mass is 498 g/mol. The zero-order chi connectivity index (χ0) is 24.7. The van der Waals surface area contributed by atoms with E-state index in [1.165, 1.54) is 12.8 Å². The zero-order valence-corrected chi connectivity index (χ0v) is 19.5. The molecule has 188 valence electrons. The van der Waals surface area contributed by atoms with Crippen molar-refractivity contribution in [2.24, 2.45) is 5.92 Å². The van der Waals surface area contributed by atoms with Crippen LogP contribution in [0.25, 0.3) is 5.65 Å². The standard InChI is InChI=1S/C25H25F3N6O2/c26-25(27,28)20-12-29-24(31-23(20)36-19-13-35-14-19)30-18-3-1-2-17(11-18)22-33-32-21-10-16(8-9-34(21)22)7-6-15-4-5-15/h8-10,12,15,17-19H,1-5,11,13-14H2,(H,29,30,31)/t17-,18+/m0/s1. The molecule has 8 nitrogen and oxygen atoms in total. The largest absolute Gasteiger partial charge is 0.469 e. The SMILES string of the molecule is FC(F)(F)c1cnc(N[C@@H]2CCC[C@H](c3nnc4cc(C#CC5CC5)ccn34)C2)nc1OC1COC1. The minimum absolute atomic E-state index is 0.0172. The van der Waals surface area contributed by atoms with Gasteiger partial charge in [-0.25, -0.2) is 4.98 Å². The van der Waals surface area contributed by atoms with E-state index in [2.05, 4.69) is 37.3 Å². The Kier molecular flexibility index (Phi) is 5.91. The van der Waals surface area contributed by atoms with E-state index in [0.717, 1.165) is 48.9 Å². The summed E-state index contributed by atoms with van der Waals surface area (Å²) in [5.74, 6) is 7.68. The van der Waals surface area contributed by atoms with Crippen LogP contribution < -0.4 is 10.1 Å². The van der Waals surface area contributed by atoms with Gasteiger partial charge in [-0.1, -0.05) is 18.3 Å². The van der Waals surface area contributed by atoms with Crippen LogP contribution in [-0.4, -0.2) is 49.9 Å². The lowest BCUT2D eigenvalue weighted by Crippen LogP contribution is -2.39. The molecule has 3 fully saturated rings. The van der Waals surface area contributed by atoms with Crippen molar-refractivity contribution >= 4 is 11.6 Å². The smallest absolute Gasteiger partial charge is 0.423 e. The molecule has 36 heavy (non-hydrogen) atoms. The van der Waals surface area contributed by atoms with Crippen molar-refractivity contribution in [2.45, 2.75) is 62.8 Å². The molecule has 3 aromatic heterocycles. The molecule has 0 bridgehead atoms. The van der Waals surface area contributed by atoms with E-state index in [1.807, 2.05) is 22.7 Å². The molecule has 0 spiro atoms. The molecule has 2 aliphatic carbocycles. The maximum absolute atomic E-state index is 13.4. The second kappa shape index (κ2) is 9.24. The molecule has 0 aromatic carbocycles. The second-order valence-electron chi connectivity index (χ2n) is 9.64. The highest BCUT2D eigenvalue weighted by atomic mass is 19.4. The summed E-state index contributed by atoms with van der Waals surface area (Å²) in [6.07, 6.45) is 3.54. The molecular formula is C25H25F3N6O2. The highest BCUT2D eigenvalue weighted by Gasteiger charge is 2.38. The Hall–Kier alpha value is -3.39. The van der Waals surface area contributed by atoms with Crippen LogP contribution in [0.4, 0.5) is 19.1 Å². The molecule has 2 atom stereocenters. The molecule has 1 aliphatic heterocycles. The molecule has 4 heterocycles. The second-order valence-corrected chi connectivity index (χ2v) is 9.64. The molecule has 3 aromatic rings. The summed E-state index contributed by atoms with van der Waals surface area (Å²) in [5, 5.41) is 12.0. The summed E-state index contributed by atoms with van der Waals surface area (Å²) >= 11 is 0. The topological polar surface area (TPSA) is 86.5 Å². The van der Waals surface area contributed by atoms with Gasteiger partial charge in [0, 0.05) is 35.8 Å². The molecule has 0 radical (unpaired) electrons. The third-order valence-electron chi connectivity index (χ3n) is 6.75. The van der Waals surface area contributed by atoms with E-state index < -0.39 is 23.7 Å². The number of alkyl halides is 3. The lowest BCUT2D eigenvalue weighted by Gasteiger charge is -2.29. The Morgan fingerprint density at radius 2 is 2.00 bits per heavy atom. The van der Waals surface area contributed by atoms with Gasteiger partial charge in [-0.2, -0.15) is 18.2 Å². The Labute approximate surface area is 205 Å². The third kappa shape index (κ3) is 4.95. The average molecular weight is 499 g/mol. The zero-order valence-electron chi connectivity index (χ0n) is 19.5. The fourth-order valence-electron chi connectivity index (χ4n) is 4.58. The number of fused-ring (bicyclic) bond motifs is 1. The van der Waals surface area contributed by atoms with E-state index in [9.17, 15) is 13.2 Å². The molecule has 0 amide bonds. The Morgan fingerprint density at radius 3 is 2.75 bits per heavy atom. The van der Waals surface area contributed by atoms with Crippen molar-refractivity contribution in [2.75, 3.05) is 18.5 Å². The van der Waals surface area contributed by atoms with Gasteiger partial charge in [-0.3, -0.25) is 4.40 Å². The summed E-state index contributed by atoms with van der Waals surface area (Å²) < 4.78 is 52.7. The first kappa shape index (κ1) is 23.0. The number of nitrogens with zero attached hydrogens (tertiary/aromatic N) is 5. The number of halogens is 3. The van der Waals surface area contributed by atoms with Crippen LogP contribution in [0.2, 0.25) is 0 Å². The fraction of sp³-hybridized carbons (Fsp3) is 0.520. The van der Waals surface area contributed by atoms with Crippen LogP contribution in [-0.2, 0) is 10.9 Å². The summed E-state index contributed by atoms with van der Waals surface area (Å²) in [6.45, 7) is 0.491. The van der Waals surface area contributed by atoms with E-state index in [1.54, 1.807) is 0 Å². The van der Waals surface area contributed by atoms with Gasteiger partial charge in [0.25, 0.3) is 0 Å². The highest BCUT2D eigenvalue weighted by molar-refractivity contribution is 5.48. The number of anilines is 1. The number of pyridine rings is 1. The van der Waals surface area contributed by atoms with Crippen molar-refractivity contribution in [3.8, 4) is 17.7 Å². The maximum atomic E-state index is 13.4. The number of hydrogen-bond donors (Lipinski definition) is 1. The van der Waals surface area contributed by atoms with Gasteiger partial charge in [0.1, 0.15) is 17.5 Å². The molecule has 2 saturated carbocycles. The number of aromatic nitrogens is 5. The van der Waals surface area contributed by atoms with Crippen molar-refractivity contribution in [1.29, 1.82) is 0 Å². The molecule has 0 unspecified atom stereocenters. The third-order valence-corrected chi connectivity index (χ3v) is 6.75. The van der Waals surface area contributed by atoms with Crippen molar-refractivity contribution in [3.05, 3.63) is 41.5 Å². The summed E-state index contributed by atoms with van der Waals surface area (Å²) in [7, 11) is 0. The van der Waals surface area contributed by atoms with Crippen molar-refractivity contribution < 1.29 is 22.6 Å². The molecule has 11 heteroatoms. The Morgan fingerprint density at radius 1 is 1.14 bits per heavy atom. The predicted molar refractivity (Wildman–Crippen MR) is 123 cm³/mol. The Bertz CT molecular complexity index is 1320. The fourth-order valence-corrected chi connectivity index (χ4v) is 4.58. The van der Waals surface area contributed by atoms with E-state index in [4.69, 9.17) is 9.47 Å². The van der Waals surface area contributed by atoms with Crippen LogP contribution in [0.15, 0.2) is 24.5 Å². The van der Waals surface area contributed by atoms with Crippen LogP contribution >= 0.6 is 0 Å². The van der Waals surface area contributed by atoms with Crippen molar-refractivity contribution in [1.82, 2.24) is 24.6 Å².